The summed E-state index contributed by atoms with van der Waals surface area (Å²) in [7, 11) is 5.75. The minimum absolute atomic E-state index is 0.170. The number of nitrogens with zero attached hydrogens (tertiary/aromatic N) is 2. The van der Waals surface area contributed by atoms with Crippen LogP contribution < -0.4 is 0 Å². The first-order chi connectivity index (χ1) is 12.5. The minimum atomic E-state index is -0.231. The summed E-state index contributed by atoms with van der Waals surface area (Å²) >= 11 is 0. The Hall–Kier alpha value is -2.22. The molecule has 140 valence electrons. The quantitative estimate of drug-likeness (QED) is 0.734. The molecule has 0 aliphatic rings. The maximum atomic E-state index is 13.1. The number of nitriles is 1. The van der Waals surface area contributed by atoms with Crippen LogP contribution in [-0.4, -0.2) is 32.6 Å². The maximum absolute atomic E-state index is 13.1. The van der Waals surface area contributed by atoms with E-state index in [9.17, 15) is 4.39 Å². The zero-order valence-electron chi connectivity index (χ0n) is 16.4. The van der Waals surface area contributed by atoms with Crippen molar-refractivity contribution >= 4 is 0 Å². The van der Waals surface area contributed by atoms with Crippen LogP contribution in [0.2, 0.25) is 0 Å². The lowest BCUT2D eigenvalue weighted by molar-refractivity contribution is 0.184. The molecule has 1 unspecified atom stereocenters. The fraction of sp³-hybridized carbons (Fsp3) is 0.409. The zero-order chi connectivity index (χ0) is 19.5. The molecule has 0 fully saturated rings. The van der Waals surface area contributed by atoms with Gasteiger partial charge in [-0.1, -0.05) is 32.0 Å². The molecule has 3 nitrogen and oxygen atoms in total. The Morgan fingerprint density at radius 2 is 1.73 bits per heavy atom. The van der Waals surface area contributed by atoms with Gasteiger partial charge in [0.05, 0.1) is 18.2 Å². The lowest BCUT2D eigenvalue weighted by Crippen LogP contribution is -2.08. The lowest BCUT2D eigenvalue weighted by atomic mass is 9.86. The van der Waals surface area contributed by atoms with Crippen molar-refractivity contribution in [1.29, 1.82) is 5.26 Å². The highest BCUT2D eigenvalue weighted by Gasteiger charge is 2.16. The average molecular weight is 356 g/mol. The Kier molecular flexibility index (Phi) is 9.57. The third kappa shape index (κ3) is 6.59. The SMILES string of the molecule is CCC(c1ccc(F)cc1)c1ccc(C#N)cc1COC.CCN(C)C. The first-order valence-electron chi connectivity index (χ1n) is 8.88. The van der Waals surface area contributed by atoms with Crippen LogP contribution in [0, 0.1) is 17.1 Å². The highest BCUT2D eigenvalue weighted by atomic mass is 19.1. The lowest BCUT2D eigenvalue weighted by Gasteiger charge is -2.20. The van der Waals surface area contributed by atoms with E-state index in [1.165, 1.54) is 12.1 Å². The third-order valence-corrected chi connectivity index (χ3v) is 4.26. The second-order valence-corrected chi connectivity index (χ2v) is 6.37. The molecule has 4 heteroatoms. The van der Waals surface area contributed by atoms with E-state index in [4.69, 9.17) is 10.00 Å². The molecule has 1 atom stereocenters. The van der Waals surface area contributed by atoms with Crippen LogP contribution in [-0.2, 0) is 11.3 Å². The number of hydrogen-bond donors (Lipinski definition) is 0. The fourth-order valence-electron chi connectivity index (χ4n) is 2.63. The Labute approximate surface area is 157 Å². The van der Waals surface area contributed by atoms with Crippen LogP contribution in [0.3, 0.4) is 0 Å². The minimum Gasteiger partial charge on any atom is -0.380 e. The first-order valence-corrected chi connectivity index (χ1v) is 8.88. The van der Waals surface area contributed by atoms with Gasteiger partial charge in [0.15, 0.2) is 0 Å². The van der Waals surface area contributed by atoms with Gasteiger partial charge in [0.1, 0.15) is 5.82 Å². The molecule has 0 aliphatic heterocycles. The molecule has 0 N–H and O–H groups in total. The van der Waals surface area contributed by atoms with E-state index in [1.807, 2.05) is 30.3 Å². The van der Waals surface area contributed by atoms with Gasteiger partial charge in [-0.2, -0.15) is 5.26 Å². The standard InChI is InChI=1S/C18H18FNO.C4H11N/c1-3-17(14-5-7-16(19)8-6-14)18-9-4-13(11-20)10-15(18)12-21-2;1-4-5(2)3/h4-10,17H,3,12H2,1-2H3;4H2,1-3H3. The van der Waals surface area contributed by atoms with Gasteiger partial charge >= 0.3 is 0 Å². The van der Waals surface area contributed by atoms with Crippen LogP contribution in [0.1, 0.15) is 48.4 Å². The van der Waals surface area contributed by atoms with Crippen molar-refractivity contribution in [3.05, 3.63) is 70.5 Å². The molecule has 0 spiro atoms. The molecule has 2 rings (SSSR count). The van der Waals surface area contributed by atoms with Gasteiger partial charge in [0.2, 0.25) is 0 Å². The monoisotopic (exact) mass is 356 g/mol. The molecule has 26 heavy (non-hydrogen) atoms. The summed E-state index contributed by atoms with van der Waals surface area (Å²) < 4.78 is 18.3. The second kappa shape index (κ2) is 11.4. The normalized spacial score (nSPS) is 11.5. The number of benzene rings is 2. The molecule has 0 amide bonds. The molecule has 2 aromatic rings. The highest BCUT2D eigenvalue weighted by molar-refractivity contribution is 5.43. The molecular weight excluding hydrogens is 327 g/mol. The summed E-state index contributed by atoms with van der Waals surface area (Å²) in [5.74, 6) is -0.0611. The largest absolute Gasteiger partial charge is 0.380 e. The molecule has 0 radical (unpaired) electrons. The van der Waals surface area contributed by atoms with Crippen molar-refractivity contribution in [2.45, 2.75) is 32.8 Å². The van der Waals surface area contributed by atoms with Gasteiger partial charge in [0.25, 0.3) is 0 Å². The van der Waals surface area contributed by atoms with Crippen molar-refractivity contribution in [3.63, 3.8) is 0 Å². The summed E-state index contributed by atoms with van der Waals surface area (Å²) in [6.07, 6.45) is 0.897. The number of rotatable bonds is 6. The Morgan fingerprint density at radius 3 is 2.19 bits per heavy atom. The molecule has 0 aliphatic carbocycles. The summed E-state index contributed by atoms with van der Waals surface area (Å²) in [4.78, 5) is 2.12. The molecule has 0 aromatic heterocycles. The van der Waals surface area contributed by atoms with Crippen molar-refractivity contribution in [2.75, 3.05) is 27.7 Å². The molecule has 0 heterocycles. The van der Waals surface area contributed by atoms with Crippen molar-refractivity contribution in [3.8, 4) is 6.07 Å². The predicted octanol–water partition coefficient (Wildman–Crippen LogP) is 4.95. The highest BCUT2D eigenvalue weighted by Crippen LogP contribution is 2.31. The molecule has 0 bridgehead atoms. The fourth-order valence-corrected chi connectivity index (χ4v) is 2.63. The topological polar surface area (TPSA) is 36.3 Å². The van der Waals surface area contributed by atoms with Gasteiger partial charge in [0, 0.05) is 13.0 Å². The van der Waals surface area contributed by atoms with Crippen molar-refractivity contribution in [2.24, 2.45) is 0 Å². The number of ether oxygens (including phenoxy) is 1. The van der Waals surface area contributed by atoms with Gasteiger partial charge in [-0.25, -0.2) is 4.39 Å². The van der Waals surface area contributed by atoms with Crippen LogP contribution in [0.15, 0.2) is 42.5 Å². The van der Waals surface area contributed by atoms with E-state index < -0.39 is 0 Å². The number of hydrogen-bond acceptors (Lipinski definition) is 3. The van der Waals surface area contributed by atoms with E-state index in [0.717, 1.165) is 29.7 Å². The second-order valence-electron chi connectivity index (χ2n) is 6.37. The van der Waals surface area contributed by atoms with E-state index in [-0.39, 0.29) is 11.7 Å². The maximum Gasteiger partial charge on any atom is 0.123 e. The average Bonchev–Trinajstić information content (AvgIpc) is 2.65. The first kappa shape index (κ1) is 21.8. The van der Waals surface area contributed by atoms with Crippen molar-refractivity contribution in [1.82, 2.24) is 4.90 Å². The third-order valence-electron chi connectivity index (χ3n) is 4.26. The van der Waals surface area contributed by atoms with Crippen LogP contribution >= 0.6 is 0 Å². The Morgan fingerprint density at radius 1 is 1.12 bits per heavy atom. The Bertz CT molecular complexity index is 705. The van der Waals surface area contributed by atoms with Gasteiger partial charge in [-0.15, -0.1) is 0 Å². The van der Waals surface area contributed by atoms with E-state index >= 15 is 0 Å². The van der Waals surface area contributed by atoms with Gasteiger partial charge < -0.3 is 9.64 Å². The summed E-state index contributed by atoms with van der Waals surface area (Å²) in [5, 5.41) is 9.03. The number of methoxy groups -OCH3 is 1. The van der Waals surface area contributed by atoms with Gasteiger partial charge in [-0.05, 0) is 68.0 Å². The Balaban J connectivity index is 0.000000597. The molecule has 0 saturated heterocycles. The summed E-state index contributed by atoms with van der Waals surface area (Å²) in [5.41, 5.74) is 3.83. The molecular formula is C22H29FN2O. The number of halogens is 1. The van der Waals surface area contributed by atoms with Crippen LogP contribution in [0.25, 0.3) is 0 Å². The summed E-state index contributed by atoms with van der Waals surface area (Å²) in [6.45, 7) is 5.82. The van der Waals surface area contributed by atoms with Gasteiger partial charge in [-0.3, -0.25) is 0 Å². The zero-order valence-corrected chi connectivity index (χ0v) is 16.4. The molecule has 0 saturated carbocycles. The van der Waals surface area contributed by atoms with E-state index in [0.29, 0.717) is 12.2 Å². The van der Waals surface area contributed by atoms with Crippen LogP contribution in [0.4, 0.5) is 4.39 Å². The van der Waals surface area contributed by atoms with Crippen LogP contribution in [0.5, 0.6) is 0 Å². The van der Waals surface area contributed by atoms with E-state index in [1.54, 1.807) is 7.11 Å². The smallest absolute Gasteiger partial charge is 0.123 e. The predicted molar refractivity (Wildman–Crippen MR) is 105 cm³/mol. The van der Waals surface area contributed by atoms with Crippen molar-refractivity contribution < 1.29 is 9.13 Å². The summed E-state index contributed by atoms with van der Waals surface area (Å²) in [6, 6.07) is 14.4. The molecule has 2 aromatic carbocycles. The van der Waals surface area contributed by atoms with E-state index in [2.05, 4.69) is 38.9 Å².